The molecule has 0 spiro atoms. The highest BCUT2D eigenvalue weighted by Crippen LogP contribution is 2.14. The second-order valence-corrected chi connectivity index (χ2v) is 4.13. The van der Waals surface area contributed by atoms with Gasteiger partial charge in [0.1, 0.15) is 13.2 Å². The number of benzene rings is 1. The summed E-state index contributed by atoms with van der Waals surface area (Å²) < 4.78 is 14.9. The number of hydrogen-bond acceptors (Lipinski definition) is 5. The minimum absolute atomic E-state index is 0.0956. The van der Waals surface area contributed by atoms with Crippen LogP contribution in [0.25, 0.3) is 0 Å². The van der Waals surface area contributed by atoms with Crippen molar-refractivity contribution in [3.8, 4) is 0 Å². The number of anilines is 1. The summed E-state index contributed by atoms with van der Waals surface area (Å²) in [7, 11) is 1.60. The molecular formula is C13H18ClNO4. The molecule has 106 valence electrons. The molecule has 1 aromatic rings. The molecule has 0 aliphatic carbocycles. The Hall–Kier alpha value is -1.30. The molecule has 0 unspecified atom stereocenters. The quantitative estimate of drug-likeness (QED) is 0.556. The minimum atomic E-state index is -0.338. The largest absolute Gasteiger partial charge is 0.462 e. The van der Waals surface area contributed by atoms with Gasteiger partial charge in [0, 0.05) is 17.8 Å². The smallest absolute Gasteiger partial charge is 0.325 e. The third-order valence-electron chi connectivity index (χ3n) is 2.18. The maximum atomic E-state index is 11.4. The van der Waals surface area contributed by atoms with E-state index in [0.29, 0.717) is 24.8 Å². The summed E-state index contributed by atoms with van der Waals surface area (Å²) in [5.41, 5.74) is 0.779. The van der Waals surface area contributed by atoms with Crippen LogP contribution in [0.5, 0.6) is 0 Å². The molecular weight excluding hydrogens is 270 g/mol. The number of ether oxygens (including phenoxy) is 3. The molecule has 0 aliphatic heterocycles. The highest BCUT2D eigenvalue weighted by atomic mass is 35.5. The van der Waals surface area contributed by atoms with E-state index in [2.05, 4.69) is 5.32 Å². The number of carbonyl (C=O) groups excluding carboxylic acids is 1. The number of methoxy groups -OCH3 is 1. The molecule has 1 aromatic carbocycles. The van der Waals surface area contributed by atoms with Gasteiger partial charge in [-0.15, -0.1) is 0 Å². The van der Waals surface area contributed by atoms with E-state index in [9.17, 15) is 4.79 Å². The molecule has 0 fully saturated rings. The van der Waals surface area contributed by atoms with Gasteiger partial charge in [0.05, 0.1) is 19.8 Å². The van der Waals surface area contributed by atoms with Gasteiger partial charge in [-0.3, -0.25) is 4.79 Å². The lowest BCUT2D eigenvalue weighted by atomic mass is 10.3. The molecule has 19 heavy (non-hydrogen) atoms. The lowest BCUT2D eigenvalue weighted by Crippen LogP contribution is -2.19. The van der Waals surface area contributed by atoms with Crippen molar-refractivity contribution in [1.82, 2.24) is 0 Å². The van der Waals surface area contributed by atoms with Crippen LogP contribution in [-0.4, -0.2) is 46.1 Å². The monoisotopic (exact) mass is 287 g/mol. The molecule has 0 saturated carbocycles. The Balaban J connectivity index is 2.08. The van der Waals surface area contributed by atoms with Crippen molar-refractivity contribution in [2.45, 2.75) is 0 Å². The predicted molar refractivity (Wildman–Crippen MR) is 73.6 cm³/mol. The fourth-order valence-corrected chi connectivity index (χ4v) is 1.47. The Kier molecular flexibility index (Phi) is 7.97. The van der Waals surface area contributed by atoms with E-state index in [1.165, 1.54) is 0 Å². The fraction of sp³-hybridized carbons (Fsp3) is 0.462. The van der Waals surface area contributed by atoms with Crippen molar-refractivity contribution in [3.63, 3.8) is 0 Å². The predicted octanol–water partition coefficient (Wildman–Crippen LogP) is 1.96. The number of halogens is 1. The molecule has 0 aliphatic rings. The average Bonchev–Trinajstić information content (AvgIpc) is 2.40. The number of esters is 1. The fourth-order valence-electron chi connectivity index (χ4n) is 1.28. The molecule has 0 heterocycles. The zero-order chi connectivity index (χ0) is 13.9. The third-order valence-corrected chi connectivity index (χ3v) is 2.42. The first-order chi connectivity index (χ1) is 9.22. The molecule has 0 atom stereocenters. The normalized spacial score (nSPS) is 10.2. The van der Waals surface area contributed by atoms with Crippen LogP contribution in [-0.2, 0) is 19.0 Å². The van der Waals surface area contributed by atoms with Gasteiger partial charge in [-0.1, -0.05) is 17.7 Å². The highest BCUT2D eigenvalue weighted by molar-refractivity contribution is 6.30. The van der Waals surface area contributed by atoms with Crippen LogP contribution >= 0.6 is 11.6 Å². The first kappa shape index (κ1) is 15.8. The lowest BCUT2D eigenvalue weighted by Gasteiger charge is -2.08. The third kappa shape index (κ3) is 7.66. The van der Waals surface area contributed by atoms with Gasteiger partial charge in [-0.05, 0) is 18.2 Å². The molecule has 1 N–H and O–H groups in total. The number of hydrogen-bond donors (Lipinski definition) is 1. The summed E-state index contributed by atoms with van der Waals surface area (Å²) in [5.74, 6) is -0.338. The maximum Gasteiger partial charge on any atom is 0.325 e. The Labute approximate surface area is 117 Å². The average molecular weight is 288 g/mol. The van der Waals surface area contributed by atoms with E-state index in [4.69, 9.17) is 25.8 Å². The van der Waals surface area contributed by atoms with Crippen LogP contribution in [0.1, 0.15) is 0 Å². The second kappa shape index (κ2) is 9.61. The summed E-state index contributed by atoms with van der Waals surface area (Å²) >= 11 is 5.82. The topological polar surface area (TPSA) is 56.8 Å². The van der Waals surface area contributed by atoms with Gasteiger partial charge in [0.2, 0.25) is 0 Å². The molecule has 0 saturated heterocycles. The van der Waals surface area contributed by atoms with Crippen LogP contribution in [0.3, 0.4) is 0 Å². The van der Waals surface area contributed by atoms with E-state index < -0.39 is 0 Å². The van der Waals surface area contributed by atoms with Crippen molar-refractivity contribution >= 4 is 23.3 Å². The number of rotatable bonds is 9. The molecule has 6 heteroatoms. The molecule has 0 bridgehead atoms. The van der Waals surface area contributed by atoms with E-state index in [-0.39, 0.29) is 19.1 Å². The van der Waals surface area contributed by atoms with E-state index in [1.54, 1.807) is 25.3 Å². The highest BCUT2D eigenvalue weighted by Gasteiger charge is 2.02. The van der Waals surface area contributed by atoms with E-state index in [1.807, 2.05) is 6.07 Å². The van der Waals surface area contributed by atoms with Crippen molar-refractivity contribution < 1.29 is 19.0 Å². The van der Waals surface area contributed by atoms with Gasteiger partial charge >= 0.3 is 5.97 Å². The Morgan fingerprint density at radius 3 is 2.79 bits per heavy atom. The summed E-state index contributed by atoms with van der Waals surface area (Å²) in [6.07, 6.45) is 0. The SMILES string of the molecule is COCCOCCOC(=O)CNc1cccc(Cl)c1. The van der Waals surface area contributed by atoms with Crippen LogP contribution in [0.2, 0.25) is 5.02 Å². The maximum absolute atomic E-state index is 11.4. The van der Waals surface area contributed by atoms with Gasteiger partial charge in [0.25, 0.3) is 0 Å². The zero-order valence-corrected chi connectivity index (χ0v) is 11.6. The Morgan fingerprint density at radius 2 is 2.05 bits per heavy atom. The minimum Gasteiger partial charge on any atom is -0.462 e. The summed E-state index contributed by atoms with van der Waals surface area (Å²) in [4.78, 5) is 11.4. The standard InChI is InChI=1S/C13H18ClNO4/c1-17-5-6-18-7-8-19-13(16)10-15-12-4-2-3-11(14)9-12/h2-4,9,15H,5-8,10H2,1H3. The van der Waals surface area contributed by atoms with Crippen molar-refractivity contribution in [1.29, 1.82) is 0 Å². The van der Waals surface area contributed by atoms with Crippen LogP contribution in [0.15, 0.2) is 24.3 Å². The van der Waals surface area contributed by atoms with Gasteiger partial charge in [-0.2, -0.15) is 0 Å². The summed E-state index contributed by atoms with van der Waals surface area (Å²) in [5, 5.41) is 3.54. The van der Waals surface area contributed by atoms with Crippen LogP contribution in [0.4, 0.5) is 5.69 Å². The van der Waals surface area contributed by atoms with Gasteiger partial charge < -0.3 is 19.5 Å². The van der Waals surface area contributed by atoms with Crippen molar-refractivity contribution in [3.05, 3.63) is 29.3 Å². The number of nitrogens with one attached hydrogen (secondary N) is 1. The van der Waals surface area contributed by atoms with Gasteiger partial charge in [-0.25, -0.2) is 0 Å². The van der Waals surface area contributed by atoms with Gasteiger partial charge in [0.15, 0.2) is 0 Å². The molecule has 0 amide bonds. The lowest BCUT2D eigenvalue weighted by molar-refractivity contribution is -0.143. The second-order valence-electron chi connectivity index (χ2n) is 3.69. The van der Waals surface area contributed by atoms with Crippen LogP contribution in [0, 0.1) is 0 Å². The first-order valence-corrected chi connectivity index (χ1v) is 6.32. The Bertz CT molecular complexity index is 387. The Morgan fingerprint density at radius 1 is 1.26 bits per heavy atom. The van der Waals surface area contributed by atoms with E-state index >= 15 is 0 Å². The van der Waals surface area contributed by atoms with Crippen molar-refractivity contribution in [2.75, 3.05) is 45.4 Å². The van der Waals surface area contributed by atoms with Crippen LogP contribution < -0.4 is 5.32 Å². The molecule has 5 nitrogen and oxygen atoms in total. The zero-order valence-electron chi connectivity index (χ0n) is 10.9. The first-order valence-electron chi connectivity index (χ1n) is 5.94. The molecule has 0 aromatic heterocycles. The van der Waals surface area contributed by atoms with Crippen molar-refractivity contribution in [2.24, 2.45) is 0 Å². The van der Waals surface area contributed by atoms with E-state index in [0.717, 1.165) is 5.69 Å². The summed E-state index contributed by atoms with van der Waals surface area (Å²) in [6, 6.07) is 7.14. The number of carbonyl (C=O) groups is 1. The molecule has 0 radical (unpaired) electrons. The summed E-state index contributed by atoms with van der Waals surface area (Å²) in [6.45, 7) is 1.73. The molecule has 1 rings (SSSR count).